The highest BCUT2D eigenvalue weighted by molar-refractivity contribution is 7.10. The Balaban J connectivity index is 1.84. The van der Waals surface area contributed by atoms with Crippen LogP contribution in [0.4, 0.5) is 8.78 Å². The minimum Gasteiger partial charge on any atom is -0.502 e. The number of rotatable bonds is 1. The number of thiophene rings is 1. The van der Waals surface area contributed by atoms with E-state index in [1.807, 2.05) is 18.4 Å². The number of ether oxygens (including phenoxy) is 1. The van der Waals surface area contributed by atoms with Crippen molar-refractivity contribution in [2.75, 3.05) is 24.8 Å². The predicted octanol–water partition coefficient (Wildman–Crippen LogP) is 3.29. The van der Waals surface area contributed by atoms with E-state index in [-0.39, 0.29) is 31.3 Å². The van der Waals surface area contributed by atoms with Gasteiger partial charge >= 0.3 is 0 Å². The number of nitrogens with zero attached hydrogens (tertiary/aromatic N) is 3. The fraction of sp³-hybridized carbons (Fsp3) is 0.217. The van der Waals surface area contributed by atoms with Crippen molar-refractivity contribution >= 4 is 17.2 Å². The highest BCUT2D eigenvalue weighted by Crippen LogP contribution is 2.40. The Hall–Kier alpha value is -3.66. The van der Waals surface area contributed by atoms with Gasteiger partial charge in [-0.1, -0.05) is 6.08 Å². The summed E-state index contributed by atoms with van der Waals surface area (Å²) in [5.41, 5.74) is 0.270. The van der Waals surface area contributed by atoms with Gasteiger partial charge in [0, 0.05) is 29.2 Å². The Bertz CT molecular complexity index is 1350. The van der Waals surface area contributed by atoms with E-state index in [1.54, 1.807) is 17.2 Å². The summed E-state index contributed by atoms with van der Waals surface area (Å²) in [6.07, 6.45) is 4.67. The molecule has 0 spiro atoms. The largest absolute Gasteiger partial charge is 0.502 e. The fourth-order valence-corrected chi connectivity index (χ4v) is 4.95. The van der Waals surface area contributed by atoms with Gasteiger partial charge in [-0.3, -0.25) is 19.3 Å². The molecule has 2 aliphatic rings. The van der Waals surface area contributed by atoms with Crippen LogP contribution in [0.5, 0.6) is 11.5 Å². The molecule has 1 N–H and O–H groups in total. The second-order valence-electron chi connectivity index (χ2n) is 7.73. The number of aryl methyl sites for hydroxylation is 1. The zero-order valence-electron chi connectivity index (χ0n) is 17.5. The van der Waals surface area contributed by atoms with Crippen LogP contribution in [-0.4, -0.2) is 40.4 Å². The fourth-order valence-electron chi connectivity index (χ4n) is 4.21. The molecule has 10 heteroatoms. The van der Waals surface area contributed by atoms with E-state index in [0.717, 1.165) is 22.6 Å². The summed E-state index contributed by atoms with van der Waals surface area (Å²) in [5, 5.41) is 14.1. The SMILES string of the molecule is Cc1sccc1[C@@H]1c2ccc(F)c(F)c2OC/C=C\CN2CN1n1ccc(=O)c(O)c1C2=O. The molecule has 5 rings (SSSR count). The second-order valence-corrected chi connectivity index (χ2v) is 8.85. The van der Waals surface area contributed by atoms with Gasteiger partial charge < -0.3 is 14.7 Å². The minimum absolute atomic E-state index is 0.0270. The molecule has 7 nitrogen and oxygen atoms in total. The summed E-state index contributed by atoms with van der Waals surface area (Å²) in [7, 11) is 0. The summed E-state index contributed by atoms with van der Waals surface area (Å²) in [4.78, 5) is 27.7. The number of benzene rings is 1. The lowest BCUT2D eigenvalue weighted by Crippen LogP contribution is -2.55. The maximum absolute atomic E-state index is 15.0. The molecule has 33 heavy (non-hydrogen) atoms. The van der Waals surface area contributed by atoms with Gasteiger partial charge in [0.2, 0.25) is 11.2 Å². The number of carbonyl (C=O) groups is 1. The lowest BCUT2D eigenvalue weighted by atomic mass is 9.97. The van der Waals surface area contributed by atoms with E-state index in [4.69, 9.17) is 4.74 Å². The Morgan fingerprint density at radius 1 is 1.12 bits per heavy atom. The zero-order valence-corrected chi connectivity index (χ0v) is 18.3. The molecule has 0 radical (unpaired) electrons. The highest BCUT2D eigenvalue weighted by Gasteiger charge is 2.38. The van der Waals surface area contributed by atoms with Crippen molar-refractivity contribution in [3.63, 3.8) is 0 Å². The van der Waals surface area contributed by atoms with Gasteiger partial charge in [0.15, 0.2) is 23.0 Å². The van der Waals surface area contributed by atoms with Crippen LogP contribution in [-0.2, 0) is 0 Å². The number of aromatic nitrogens is 1. The van der Waals surface area contributed by atoms with E-state index >= 15 is 0 Å². The monoisotopic (exact) mass is 471 g/mol. The van der Waals surface area contributed by atoms with Crippen molar-refractivity contribution in [1.82, 2.24) is 9.58 Å². The average Bonchev–Trinajstić information content (AvgIpc) is 3.20. The number of hydrogen-bond acceptors (Lipinski definition) is 6. The van der Waals surface area contributed by atoms with Crippen molar-refractivity contribution in [3.8, 4) is 11.5 Å². The van der Waals surface area contributed by atoms with Crippen LogP contribution in [0, 0.1) is 18.6 Å². The van der Waals surface area contributed by atoms with Crippen molar-refractivity contribution < 1.29 is 23.4 Å². The molecule has 4 heterocycles. The summed E-state index contributed by atoms with van der Waals surface area (Å²) in [6, 6.07) is 4.82. The van der Waals surface area contributed by atoms with E-state index < -0.39 is 34.8 Å². The van der Waals surface area contributed by atoms with Crippen molar-refractivity contribution in [1.29, 1.82) is 0 Å². The van der Waals surface area contributed by atoms with Gasteiger partial charge in [-0.15, -0.1) is 11.3 Å². The first-order valence-corrected chi connectivity index (χ1v) is 11.1. The Labute approximate surface area is 191 Å². The Morgan fingerprint density at radius 3 is 2.70 bits per heavy atom. The average molecular weight is 471 g/mol. The summed E-state index contributed by atoms with van der Waals surface area (Å²) in [6.45, 7) is 2.12. The lowest BCUT2D eigenvalue weighted by Gasteiger charge is -2.43. The molecule has 170 valence electrons. The smallest absolute Gasteiger partial charge is 0.278 e. The number of fused-ring (bicyclic) bond motifs is 5. The lowest BCUT2D eigenvalue weighted by molar-refractivity contribution is 0.0701. The number of aromatic hydroxyl groups is 1. The Kier molecular flexibility index (Phi) is 5.16. The van der Waals surface area contributed by atoms with Crippen LogP contribution < -0.4 is 15.2 Å². The van der Waals surface area contributed by atoms with Gasteiger partial charge in [0.25, 0.3) is 5.91 Å². The standard InChI is InChI=1S/C23H19F2N3O4S/c1-13-14(7-11-33-13)19-15-4-5-16(24)18(25)22(15)32-10-3-2-8-26-12-28(19)27-9-6-17(29)21(30)20(27)23(26)31/h2-7,9,11,19,30H,8,10,12H2,1H3/b3-2-/t19-/m1/s1. The van der Waals surface area contributed by atoms with E-state index in [2.05, 4.69) is 0 Å². The second kappa shape index (κ2) is 8.04. The van der Waals surface area contributed by atoms with Gasteiger partial charge in [0.1, 0.15) is 19.3 Å². The van der Waals surface area contributed by atoms with Crippen LogP contribution in [0.3, 0.4) is 0 Å². The quantitative estimate of drug-likeness (QED) is 0.552. The molecular formula is C23H19F2N3O4S. The maximum Gasteiger partial charge on any atom is 0.278 e. The summed E-state index contributed by atoms with van der Waals surface area (Å²) in [5.74, 6) is -3.56. The molecular weight excluding hydrogens is 452 g/mol. The maximum atomic E-state index is 15.0. The minimum atomic E-state index is -1.11. The van der Waals surface area contributed by atoms with Crippen LogP contribution in [0.2, 0.25) is 0 Å². The van der Waals surface area contributed by atoms with E-state index in [9.17, 15) is 23.5 Å². The first-order chi connectivity index (χ1) is 15.9. The van der Waals surface area contributed by atoms with Crippen LogP contribution >= 0.6 is 11.3 Å². The predicted molar refractivity (Wildman–Crippen MR) is 118 cm³/mol. The molecule has 1 aromatic carbocycles. The molecule has 0 saturated carbocycles. The molecule has 3 aromatic rings. The molecule has 0 fully saturated rings. The molecule has 0 unspecified atom stereocenters. The number of carbonyl (C=O) groups excluding carboxylic acids is 1. The third-order valence-electron chi connectivity index (χ3n) is 5.82. The summed E-state index contributed by atoms with van der Waals surface area (Å²) >= 11 is 1.49. The third-order valence-corrected chi connectivity index (χ3v) is 6.68. The summed E-state index contributed by atoms with van der Waals surface area (Å²) < 4.78 is 36.2. The highest BCUT2D eigenvalue weighted by atomic mass is 32.1. The molecule has 1 atom stereocenters. The topological polar surface area (TPSA) is 75.0 Å². The van der Waals surface area contributed by atoms with Crippen molar-refractivity contribution in [3.05, 3.63) is 91.6 Å². The number of pyridine rings is 1. The molecule has 0 saturated heterocycles. The van der Waals surface area contributed by atoms with Crippen molar-refractivity contribution in [2.24, 2.45) is 0 Å². The van der Waals surface area contributed by atoms with Crippen molar-refractivity contribution in [2.45, 2.75) is 13.0 Å². The van der Waals surface area contributed by atoms with Gasteiger partial charge in [-0.05, 0) is 42.1 Å². The first kappa shape index (κ1) is 21.2. The molecule has 0 aliphatic carbocycles. The first-order valence-electron chi connectivity index (χ1n) is 10.2. The number of halogens is 2. The third kappa shape index (κ3) is 3.37. The number of amides is 1. The Morgan fingerprint density at radius 2 is 1.94 bits per heavy atom. The molecule has 2 aliphatic heterocycles. The normalized spacial score (nSPS) is 18.8. The van der Waals surface area contributed by atoms with Crippen LogP contribution in [0.15, 0.2) is 52.8 Å². The number of hydrogen-bond donors (Lipinski definition) is 1. The molecule has 2 bridgehead atoms. The molecule has 1 amide bonds. The van der Waals surface area contributed by atoms with Gasteiger partial charge in [0.05, 0.1) is 0 Å². The zero-order chi connectivity index (χ0) is 23.3. The van der Waals surface area contributed by atoms with Crippen LogP contribution in [0.1, 0.15) is 32.5 Å². The molecule has 2 aromatic heterocycles. The van der Waals surface area contributed by atoms with Crippen LogP contribution in [0.25, 0.3) is 0 Å². The van der Waals surface area contributed by atoms with E-state index in [1.165, 1.54) is 33.2 Å². The van der Waals surface area contributed by atoms with Gasteiger partial charge in [-0.25, -0.2) is 4.39 Å². The van der Waals surface area contributed by atoms with E-state index in [0.29, 0.717) is 5.56 Å². The van der Waals surface area contributed by atoms with Gasteiger partial charge in [-0.2, -0.15) is 4.39 Å².